The van der Waals surface area contributed by atoms with Gasteiger partial charge in [0.25, 0.3) is 5.91 Å². The quantitative estimate of drug-likeness (QED) is 0.581. The molecule has 28 heavy (non-hydrogen) atoms. The Morgan fingerprint density at radius 2 is 1.79 bits per heavy atom. The SMILES string of the molecule is CCOC(=O)C(C=CC(C)(C)C)NC(=O)c1ccc(Oc2ncccn2)cc1. The maximum Gasteiger partial charge on any atom is 0.332 e. The standard InChI is InChI=1S/C21H25N3O4/c1-5-27-19(26)17(11-12-21(2,3)4)24-18(25)15-7-9-16(10-8-15)28-20-22-13-6-14-23-20/h6-14,17H,5H2,1-4H3,(H,24,25). The van der Waals surface area contributed by atoms with E-state index in [-0.39, 0.29) is 23.9 Å². The lowest BCUT2D eigenvalue weighted by molar-refractivity contribution is -0.144. The summed E-state index contributed by atoms with van der Waals surface area (Å²) in [5.41, 5.74) is 0.258. The molecule has 148 valence electrons. The molecule has 1 N–H and O–H groups in total. The smallest absolute Gasteiger partial charge is 0.332 e. The van der Waals surface area contributed by atoms with Crippen molar-refractivity contribution >= 4 is 11.9 Å². The minimum atomic E-state index is -0.861. The molecule has 0 bridgehead atoms. The van der Waals surface area contributed by atoms with Gasteiger partial charge in [-0.2, -0.15) is 0 Å². The Kier molecular flexibility index (Phi) is 7.26. The van der Waals surface area contributed by atoms with Crippen molar-refractivity contribution < 1.29 is 19.1 Å². The van der Waals surface area contributed by atoms with E-state index < -0.39 is 12.0 Å². The van der Waals surface area contributed by atoms with Gasteiger partial charge in [0.15, 0.2) is 0 Å². The van der Waals surface area contributed by atoms with Crippen LogP contribution in [-0.2, 0) is 9.53 Å². The lowest BCUT2D eigenvalue weighted by Crippen LogP contribution is -2.40. The third kappa shape index (κ3) is 6.83. The molecular formula is C21H25N3O4. The van der Waals surface area contributed by atoms with Gasteiger partial charge in [-0.15, -0.1) is 0 Å². The van der Waals surface area contributed by atoms with Crippen molar-refractivity contribution in [3.8, 4) is 11.8 Å². The predicted octanol–water partition coefficient (Wildman–Crippen LogP) is 3.53. The summed E-state index contributed by atoms with van der Waals surface area (Å²) < 4.78 is 10.6. The van der Waals surface area contributed by atoms with Gasteiger partial charge in [0.2, 0.25) is 0 Å². The summed E-state index contributed by atoms with van der Waals surface area (Å²) in [6.45, 7) is 7.97. The number of aromatic nitrogens is 2. The molecule has 7 heteroatoms. The number of nitrogens with one attached hydrogen (secondary N) is 1. The van der Waals surface area contributed by atoms with Gasteiger partial charge in [-0.05, 0) is 42.7 Å². The number of benzene rings is 1. The second-order valence-corrected chi connectivity index (χ2v) is 7.09. The van der Waals surface area contributed by atoms with E-state index in [1.54, 1.807) is 55.7 Å². The van der Waals surface area contributed by atoms with Crippen molar-refractivity contribution in [3.05, 3.63) is 60.4 Å². The Morgan fingerprint density at radius 1 is 1.14 bits per heavy atom. The van der Waals surface area contributed by atoms with E-state index in [1.807, 2.05) is 26.8 Å². The molecule has 1 atom stereocenters. The third-order valence-corrected chi connectivity index (χ3v) is 3.48. The Hall–Kier alpha value is -3.22. The number of hydrogen-bond donors (Lipinski definition) is 1. The van der Waals surface area contributed by atoms with E-state index in [2.05, 4.69) is 15.3 Å². The first-order valence-electron chi connectivity index (χ1n) is 9.00. The van der Waals surface area contributed by atoms with Crippen LogP contribution < -0.4 is 10.1 Å². The molecule has 7 nitrogen and oxygen atoms in total. The molecule has 1 unspecified atom stereocenters. The van der Waals surface area contributed by atoms with Gasteiger partial charge in [0.1, 0.15) is 11.8 Å². The van der Waals surface area contributed by atoms with Crippen molar-refractivity contribution in [2.75, 3.05) is 6.61 Å². The topological polar surface area (TPSA) is 90.4 Å². The molecule has 0 saturated heterocycles. The van der Waals surface area contributed by atoms with E-state index in [9.17, 15) is 9.59 Å². The van der Waals surface area contributed by atoms with Crippen LogP contribution >= 0.6 is 0 Å². The first-order valence-corrected chi connectivity index (χ1v) is 9.00. The van der Waals surface area contributed by atoms with Gasteiger partial charge in [0.05, 0.1) is 6.61 Å². The molecule has 1 amide bonds. The molecule has 1 aromatic heterocycles. The highest BCUT2D eigenvalue weighted by Gasteiger charge is 2.21. The van der Waals surface area contributed by atoms with Crippen LogP contribution in [0.5, 0.6) is 11.8 Å². The second kappa shape index (κ2) is 9.64. The Morgan fingerprint density at radius 3 is 2.36 bits per heavy atom. The summed E-state index contributed by atoms with van der Waals surface area (Å²) in [6.07, 6.45) is 6.67. The average Bonchev–Trinajstić information content (AvgIpc) is 2.66. The fraction of sp³-hybridized carbons (Fsp3) is 0.333. The highest BCUT2D eigenvalue weighted by molar-refractivity contribution is 5.97. The summed E-state index contributed by atoms with van der Waals surface area (Å²) in [6, 6.07) is 7.52. The van der Waals surface area contributed by atoms with Crippen molar-refractivity contribution in [1.82, 2.24) is 15.3 Å². The van der Waals surface area contributed by atoms with Crippen LogP contribution in [0.15, 0.2) is 54.9 Å². The molecule has 2 aromatic rings. The summed E-state index contributed by atoms with van der Waals surface area (Å²) in [7, 11) is 0. The monoisotopic (exact) mass is 383 g/mol. The highest BCUT2D eigenvalue weighted by atomic mass is 16.5. The Balaban J connectivity index is 2.07. The number of carbonyl (C=O) groups is 2. The molecule has 1 aromatic carbocycles. The highest BCUT2D eigenvalue weighted by Crippen LogP contribution is 2.18. The second-order valence-electron chi connectivity index (χ2n) is 7.09. The van der Waals surface area contributed by atoms with Gasteiger partial charge >= 0.3 is 12.0 Å². The number of hydrogen-bond acceptors (Lipinski definition) is 6. The Labute approximate surface area is 164 Å². The van der Waals surface area contributed by atoms with Crippen molar-refractivity contribution in [1.29, 1.82) is 0 Å². The van der Waals surface area contributed by atoms with Crippen LogP contribution in [0.25, 0.3) is 0 Å². The molecule has 0 aliphatic carbocycles. The summed E-state index contributed by atoms with van der Waals surface area (Å²) >= 11 is 0. The van der Waals surface area contributed by atoms with Crippen molar-refractivity contribution in [2.45, 2.75) is 33.7 Å². The van der Waals surface area contributed by atoms with E-state index in [1.165, 1.54) is 0 Å². The zero-order chi connectivity index (χ0) is 20.6. The molecule has 0 radical (unpaired) electrons. The number of ether oxygens (including phenoxy) is 2. The molecule has 0 aliphatic rings. The molecule has 0 saturated carbocycles. The average molecular weight is 383 g/mol. The number of amides is 1. The summed E-state index contributed by atoms with van der Waals surface area (Å²) in [4.78, 5) is 32.7. The Bertz CT molecular complexity index is 812. The van der Waals surface area contributed by atoms with Crippen molar-refractivity contribution in [3.63, 3.8) is 0 Å². The van der Waals surface area contributed by atoms with Crippen LogP contribution in [0.2, 0.25) is 0 Å². The predicted molar refractivity (Wildman–Crippen MR) is 105 cm³/mol. The van der Waals surface area contributed by atoms with Crippen molar-refractivity contribution in [2.24, 2.45) is 5.41 Å². The van der Waals surface area contributed by atoms with Crippen LogP contribution in [-0.4, -0.2) is 34.5 Å². The minimum absolute atomic E-state index is 0.131. The third-order valence-electron chi connectivity index (χ3n) is 3.48. The first-order chi connectivity index (χ1) is 13.3. The molecular weight excluding hydrogens is 358 g/mol. The largest absolute Gasteiger partial charge is 0.464 e. The van der Waals surface area contributed by atoms with Gasteiger partial charge < -0.3 is 14.8 Å². The number of esters is 1. The zero-order valence-electron chi connectivity index (χ0n) is 16.5. The molecule has 0 spiro atoms. The first kappa shape index (κ1) is 21.1. The van der Waals surface area contributed by atoms with Crippen LogP contribution in [0, 0.1) is 5.41 Å². The fourth-order valence-corrected chi connectivity index (χ4v) is 2.14. The molecule has 2 rings (SSSR count). The number of carbonyl (C=O) groups excluding carboxylic acids is 2. The normalized spacial score (nSPS) is 12.4. The maximum atomic E-state index is 12.5. The maximum absolute atomic E-state index is 12.5. The fourth-order valence-electron chi connectivity index (χ4n) is 2.14. The lowest BCUT2D eigenvalue weighted by atomic mass is 9.95. The van der Waals surface area contributed by atoms with Gasteiger partial charge in [-0.3, -0.25) is 4.79 Å². The van der Waals surface area contributed by atoms with E-state index in [0.717, 1.165) is 0 Å². The zero-order valence-corrected chi connectivity index (χ0v) is 16.5. The minimum Gasteiger partial charge on any atom is -0.464 e. The van der Waals surface area contributed by atoms with Gasteiger partial charge in [-0.25, -0.2) is 14.8 Å². The van der Waals surface area contributed by atoms with E-state index in [0.29, 0.717) is 11.3 Å². The van der Waals surface area contributed by atoms with E-state index >= 15 is 0 Å². The number of allylic oxidation sites excluding steroid dienone is 1. The van der Waals surface area contributed by atoms with Crippen LogP contribution in [0.1, 0.15) is 38.1 Å². The van der Waals surface area contributed by atoms with Crippen LogP contribution in [0.3, 0.4) is 0 Å². The lowest BCUT2D eigenvalue weighted by Gasteiger charge is -2.17. The molecule has 1 heterocycles. The van der Waals surface area contributed by atoms with Crippen LogP contribution in [0.4, 0.5) is 0 Å². The van der Waals surface area contributed by atoms with E-state index in [4.69, 9.17) is 9.47 Å². The van der Waals surface area contributed by atoms with Gasteiger partial charge in [0, 0.05) is 18.0 Å². The molecule has 0 fully saturated rings. The molecule has 0 aliphatic heterocycles. The summed E-state index contributed by atoms with van der Waals surface area (Å²) in [5, 5.41) is 2.69. The number of nitrogens with zero attached hydrogens (tertiary/aromatic N) is 2. The van der Waals surface area contributed by atoms with Gasteiger partial charge in [-0.1, -0.05) is 32.9 Å². The summed E-state index contributed by atoms with van der Waals surface area (Å²) in [5.74, 6) is -0.394. The number of rotatable bonds is 7.